The predicted octanol–water partition coefficient (Wildman–Crippen LogP) is 6.01. The summed E-state index contributed by atoms with van der Waals surface area (Å²) < 4.78 is 11.7. The number of rotatable bonds is 4. The molecule has 0 unspecified atom stereocenters. The number of aryl methyl sites for hydroxylation is 2. The molecule has 0 fully saturated rings. The van der Waals surface area contributed by atoms with Crippen molar-refractivity contribution in [3.05, 3.63) is 107 Å². The summed E-state index contributed by atoms with van der Waals surface area (Å²) in [6, 6.07) is 21.4. The molecular weight excluding hydrogens is 360 g/mol. The Kier molecular flexibility index (Phi) is 5.05. The van der Waals surface area contributed by atoms with E-state index in [2.05, 4.69) is 0 Å². The first-order chi connectivity index (χ1) is 14.0. The van der Waals surface area contributed by atoms with Crippen molar-refractivity contribution in [2.45, 2.75) is 13.8 Å². The van der Waals surface area contributed by atoms with Crippen molar-refractivity contribution >= 4 is 17.1 Å². The Hall–Kier alpha value is -3.59. The van der Waals surface area contributed by atoms with Crippen molar-refractivity contribution in [3.8, 4) is 11.5 Å². The second kappa shape index (κ2) is 7.80. The smallest absolute Gasteiger partial charge is 0.186 e. The largest absolute Gasteiger partial charge is 0.493 e. The van der Waals surface area contributed by atoms with Crippen molar-refractivity contribution in [1.29, 1.82) is 0 Å². The standard InChI is InChI=1S/C26H22O3/c1-17-7-11-19(12-8-17)23(27)15-21-16-25(20-13-9-18(2)10-14-20)29-26-22(21)5-4-6-24(26)28-3/h4-16H,1-3H3/b21-15+. The van der Waals surface area contributed by atoms with Gasteiger partial charge in [0.1, 0.15) is 5.76 Å². The Bertz CT molecular complexity index is 1120. The number of hydrogen-bond acceptors (Lipinski definition) is 3. The van der Waals surface area contributed by atoms with E-state index in [4.69, 9.17) is 9.47 Å². The van der Waals surface area contributed by atoms with Gasteiger partial charge in [-0.1, -0.05) is 71.8 Å². The highest BCUT2D eigenvalue weighted by Crippen LogP contribution is 2.42. The van der Waals surface area contributed by atoms with Crippen molar-refractivity contribution in [3.63, 3.8) is 0 Å². The molecule has 3 nitrogen and oxygen atoms in total. The van der Waals surface area contributed by atoms with Gasteiger partial charge in [0.05, 0.1) is 7.11 Å². The number of carbonyl (C=O) groups is 1. The third-order valence-electron chi connectivity index (χ3n) is 4.97. The lowest BCUT2D eigenvalue weighted by molar-refractivity contribution is 0.104. The average molecular weight is 382 g/mol. The van der Waals surface area contributed by atoms with E-state index in [1.165, 1.54) is 5.56 Å². The van der Waals surface area contributed by atoms with E-state index in [1.807, 2.05) is 86.7 Å². The van der Waals surface area contributed by atoms with Gasteiger partial charge in [-0.15, -0.1) is 0 Å². The van der Waals surface area contributed by atoms with Gasteiger partial charge in [0.25, 0.3) is 0 Å². The summed E-state index contributed by atoms with van der Waals surface area (Å²) in [5.41, 5.74) is 5.53. The topological polar surface area (TPSA) is 35.5 Å². The van der Waals surface area contributed by atoms with E-state index in [-0.39, 0.29) is 5.78 Å². The minimum absolute atomic E-state index is 0.0461. The van der Waals surface area contributed by atoms with Gasteiger partial charge in [0, 0.05) is 16.7 Å². The molecule has 0 bridgehead atoms. The molecule has 0 aromatic heterocycles. The zero-order valence-corrected chi connectivity index (χ0v) is 16.7. The number of benzene rings is 3. The van der Waals surface area contributed by atoms with Crippen LogP contribution in [0.4, 0.5) is 0 Å². The zero-order valence-electron chi connectivity index (χ0n) is 16.7. The molecule has 0 atom stereocenters. The fourth-order valence-electron chi connectivity index (χ4n) is 3.29. The molecule has 1 aliphatic rings. The second-order valence-electron chi connectivity index (χ2n) is 7.14. The van der Waals surface area contributed by atoms with Crippen molar-refractivity contribution < 1.29 is 14.3 Å². The first-order valence-electron chi connectivity index (χ1n) is 9.52. The molecule has 1 heterocycles. The molecule has 0 amide bonds. The fourth-order valence-corrected chi connectivity index (χ4v) is 3.29. The maximum Gasteiger partial charge on any atom is 0.186 e. The Morgan fingerprint density at radius 2 is 1.55 bits per heavy atom. The molecule has 29 heavy (non-hydrogen) atoms. The minimum Gasteiger partial charge on any atom is -0.493 e. The summed E-state index contributed by atoms with van der Waals surface area (Å²) in [6.07, 6.45) is 3.58. The number of hydrogen-bond donors (Lipinski definition) is 0. The van der Waals surface area contributed by atoms with Gasteiger partial charge in [-0.05, 0) is 37.6 Å². The monoisotopic (exact) mass is 382 g/mol. The molecule has 0 N–H and O–H groups in total. The molecule has 0 spiro atoms. The number of ketones is 1. The van der Waals surface area contributed by atoms with Crippen LogP contribution in [0.2, 0.25) is 0 Å². The highest BCUT2D eigenvalue weighted by Gasteiger charge is 2.22. The van der Waals surface area contributed by atoms with Crippen molar-refractivity contribution in [1.82, 2.24) is 0 Å². The van der Waals surface area contributed by atoms with Gasteiger partial charge in [-0.3, -0.25) is 4.79 Å². The highest BCUT2D eigenvalue weighted by atomic mass is 16.5. The number of para-hydroxylation sites is 1. The van der Waals surface area contributed by atoms with E-state index >= 15 is 0 Å². The molecule has 0 radical (unpaired) electrons. The van der Waals surface area contributed by atoms with Crippen LogP contribution in [0.1, 0.15) is 32.6 Å². The van der Waals surface area contributed by atoms with Gasteiger partial charge in [-0.2, -0.15) is 0 Å². The summed E-state index contributed by atoms with van der Waals surface area (Å²) in [4.78, 5) is 12.9. The van der Waals surface area contributed by atoms with Crippen LogP contribution in [-0.4, -0.2) is 12.9 Å². The molecule has 4 rings (SSSR count). The lowest BCUT2D eigenvalue weighted by atomic mass is 9.96. The van der Waals surface area contributed by atoms with E-state index < -0.39 is 0 Å². The third kappa shape index (κ3) is 3.85. The van der Waals surface area contributed by atoms with Crippen LogP contribution >= 0.6 is 0 Å². The molecule has 144 valence electrons. The molecule has 3 heteroatoms. The number of ether oxygens (including phenoxy) is 2. The molecule has 1 aliphatic heterocycles. The van der Waals surface area contributed by atoms with Crippen LogP contribution in [0, 0.1) is 13.8 Å². The van der Waals surface area contributed by atoms with Crippen LogP contribution < -0.4 is 9.47 Å². The summed E-state index contributed by atoms with van der Waals surface area (Å²) in [5, 5.41) is 0. The minimum atomic E-state index is -0.0461. The normalized spacial score (nSPS) is 14.0. The number of allylic oxidation sites excluding steroid dienone is 3. The second-order valence-corrected chi connectivity index (χ2v) is 7.14. The Labute approximate surface area is 170 Å². The number of fused-ring (bicyclic) bond motifs is 1. The Morgan fingerprint density at radius 3 is 2.21 bits per heavy atom. The molecule has 3 aromatic rings. The average Bonchev–Trinajstić information content (AvgIpc) is 2.74. The number of carbonyl (C=O) groups excluding carboxylic acids is 1. The highest BCUT2D eigenvalue weighted by molar-refractivity contribution is 6.11. The van der Waals surface area contributed by atoms with Gasteiger partial charge in [0.2, 0.25) is 0 Å². The van der Waals surface area contributed by atoms with Crippen LogP contribution in [0.25, 0.3) is 11.3 Å². The van der Waals surface area contributed by atoms with E-state index in [9.17, 15) is 4.79 Å². The van der Waals surface area contributed by atoms with Gasteiger partial charge < -0.3 is 9.47 Å². The lowest BCUT2D eigenvalue weighted by Crippen LogP contribution is -2.06. The lowest BCUT2D eigenvalue weighted by Gasteiger charge is -2.22. The first-order valence-corrected chi connectivity index (χ1v) is 9.52. The van der Waals surface area contributed by atoms with Gasteiger partial charge in [-0.25, -0.2) is 0 Å². The quantitative estimate of drug-likeness (QED) is 0.409. The van der Waals surface area contributed by atoms with E-state index in [0.29, 0.717) is 22.8 Å². The number of methoxy groups -OCH3 is 1. The summed E-state index contributed by atoms with van der Waals surface area (Å²) >= 11 is 0. The third-order valence-corrected chi connectivity index (χ3v) is 4.97. The van der Waals surface area contributed by atoms with Gasteiger partial charge >= 0.3 is 0 Å². The maximum absolute atomic E-state index is 12.9. The van der Waals surface area contributed by atoms with Crippen LogP contribution in [0.5, 0.6) is 11.5 Å². The summed E-state index contributed by atoms with van der Waals surface area (Å²) in [7, 11) is 1.61. The summed E-state index contributed by atoms with van der Waals surface area (Å²) in [5.74, 6) is 1.89. The van der Waals surface area contributed by atoms with Crippen molar-refractivity contribution in [2.24, 2.45) is 0 Å². The fraction of sp³-hybridized carbons (Fsp3) is 0.115. The van der Waals surface area contributed by atoms with Crippen LogP contribution in [0.3, 0.4) is 0 Å². The molecular formula is C26H22O3. The predicted molar refractivity (Wildman–Crippen MR) is 116 cm³/mol. The maximum atomic E-state index is 12.9. The SMILES string of the molecule is COc1cccc2c1OC(c1ccc(C)cc1)=C/C2=C\C(=O)c1ccc(C)cc1. The van der Waals surface area contributed by atoms with Gasteiger partial charge in [0.15, 0.2) is 17.3 Å². The van der Waals surface area contributed by atoms with Crippen molar-refractivity contribution in [2.75, 3.05) is 7.11 Å². The zero-order chi connectivity index (χ0) is 20.4. The molecule has 0 aliphatic carbocycles. The van der Waals surface area contributed by atoms with Crippen LogP contribution in [-0.2, 0) is 0 Å². The molecule has 0 saturated heterocycles. The Morgan fingerprint density at radius 1 is 0.897 bits per heavy atom. The Balaban J connectivity index is 1.82. The van der Waals surface area contributed by atoms with E-state index in [0.717, 1.165) is 22.3 Å². The summed E-state index contributed by atoms with van der Waals surface area (Å²) in [6.45, 7) is 4.05. The molecule has 3 aromatic carbocycles. The van der Waals surface area contributed by atoms with E-state index in [1.54, 1.807) is 13.2 Å². The molecule has 0 saturated carbocycles. The van der Waals surface area contributed by atoms with Crippen LogP contribution in [0.15, 0.2) is 78.9 Å². The first kappa shape index (κ1) is 18.8.